The number of nitrogens with two attached hydrogens (primary N) is 1. The highest BCUT2D eigenvalue weighted by atomic mass is 16.2. The number of hydrogen-bond acceptors (Lipinski definition) is 6. The summed E-state index contributed by atoms with van der Waals surface area (Å²) in [5.41, 5.74) is 4.17. The van der Waals surface area contributed by atoms with Gasteiger partial charge in [-0.25, -0.2) is 15.8 Å². The van der Waals surface area contributed by atoms with Gasteiger partial charge in [0.25, 0.3) is 0 Å². The lowest BCUT2D eigenvalue weighted by Crippen LogP contribution is -2.35. The Labute approximate surface area is 115 Å². The minimum absolute atomic E-state index is 0.0813. The average Bonchev–Trinajstić information content (AvgIpc) is 2.45. The Morgan fingerprint density at radius 3 is 2.95 bits per heavy atom. The summed E-state index contributed by atoms with van der Waals surface area (Å²) in [5.74, 6) is 7.04. The van der Waals surface area contributed by atoms with Gasteiger partial charge in [-0.1, -0.05) is 12.1 Å². The maximum atomic E-state index is 11.8. The fourth-order valence-electron chi connectivity index (χ4n) is 2.20. The number of fused-ring (bicyclic) bond motifs is 1. The number of carbonyl (C=O) groups is 1. The van der Waals surface area contributed by atoms with E-state index in [1.165, 1.54) is 0 Å². The Morgan fingerprint density at radius 2 is 2.15 bits per heavy atom. The number of aryl methyl sites for hydroxylation is 1. The number of carbonyl (C=O) groups excluding carboxylic acids is 1. The van der Waals surface area contributed by atoms with E-state index in [4.69, 9.17) is 5.84 Å². The van der Waals surface area contributed by atoms with Crippen molar-refractivity contribution in [3.8, 4) is 0 Å². The molecule has 3 rings (SSSR count). The van der Waals surface area contributed by atoms with Gasteiger partial charge in [-0.2, -0.15) is 0 Å². The van der Waals surface area contributed by atoms with Crippen molar-refractivity contribution in [2.45, 2.75) is 6.92 Å². The number of nitrogens with one attached hydrogen (secondary N) is 2. The molecule has 7 heteroatoms. The topological polar surface area (TPSA) is 96.2 Å². The van der Waals surface area contributed by atoms with Gasteiger partial charge < -0.3 is 15.6 Å². The van der Waals surface area contributed by atoms with Crippen molar-refractivity contribution in [3.63, 3.8) is 0 Å². The molecule has 0 bridgehead atoms. The van der Waals surface area contributed by atoms with Crippen molar-refractivity contribution in [1.29, 1.82) is 0 Å². The summed E-state index contributed by atoms with van der Waals surface area (Å²) in [5, 5.41) is 2.84. The van der Waals surface area contributed by atoms with E-state index < -0.39 is 0 Å². The average molecular weight is 270 g/mol. The molecule has 20 heavy (non-hydrogen) atoms. The molecular formula is C13H14N6O. The highest BCUT2D eigenvalue weighted by Gasteiger charge is 2.24. The van der Waals surface area contributed by atoms with Crippen molar-refractivity contribution < 1.29 is 4.79 Å². The number of anilines is 4. The summed E-state index contributed by atoms with van der Waals surface area (Å²) in [6.07, 6.45) is 0. The molecule has 4 N–H and O–H groups in total. The molecule has 0 fully saturated rings. The third-order valence-electron chi connectivity index (χ3n) is 3.02. The van der Waals surface area contributed by atoms with E-state index in [0.29, 0.717) is 17.5 Å². The number of rotatable bonds is 2. The Balaban J connectivity index is 2.10. The van der Waals surface area contributed by atoms with Gasteiger partial charge in [0.1, 0.15) is 24.0 Å². The van der Waals surface area contributed by atoms with Crippen LogP contribution in [-0.4, -0.2) is 22.4 Å². The molecule has 0 atom stereocenters. The number of benzene rings is 1. The summed E-state index contributed by atoms with van der Waals surface area (Å²) in [4.78, 5) is 22.2. The summed E-state index contributed by atoms with van der Waals surface area (Å²) >= 11 is 0. The first-order chi connectivity index (χ1) is 9.67. The molecule has 102 valence electrons. The molecule has 1 aromatic heterocycles. The quantitative estimate of drug-likeness (QED) is 0.560. The third kappa shape index (κ3) is 2.14. The molecule has 2 aromatic rings. The predicted octanol–water partition coefficient (Wildman–Crippen LogP) is 1.16. The van der Waals surface area contributed by atoms with Crippen LogP contribution in [0, 0.1) is 6.92 Å². The lowest BCUT2D eigenvalue weighted by atomic mass is 10.2. The second-order valence-corrected chi connectivity index (χ2v) is 4.45. The summed E-state index contributed by atoms with van der Waals surface area (Å²) < 4.78 is 0. The highest BCUT2D eigenvalue weighted by Crippen LogP contribution is 2.34. The van der Waals surface area contributed by atoms with Crippen molar-refractivity contribution in [2.75, 3.05) is 22.2 Å². The largest absolute Gasteiger partial charge is 0.323 e. The second kappa shape index (κ2) is 4.78. The minimum Gasteiger partial charge on any atom is -0.323 e. The van der Waals surface area contributed by atoms with Crippen LogP contribution in [0.15, 0.2) is 30.3 Å². The summed E-state index contributed by atoms with van der Waals surface area (Å²) in [6, 6.07) is 9.29. The molecule has 0 saturated carbocycles. The molecule has 2 heterocycles. The number of nitrogens with zero attached hydrogens (tertiary/aromatic N) is 3. The summed E-state index contributed by atoms with van der Waals surface area (Å²) in [7, 11) is 0. The van der Waals surface area contributed by atoms with Crippen molar-refractivity contribution in [3.05, 3.63) is 36.2 Å². The van der Waals surface area contributed by atoms with E-state index in [0.717, 1.165) is 11.4 Å². The standard InChI is InChI=1S/C13H14N6O/c1-8-15-11(18-14)6-12(16-8)19-7-13(20)17-9-4-2-3-5-10(9)19/h2-6H,7,14H2,1H3,(H,17,20)(H,15,16,18). The van der Waals surface area contributed by atoms with Gasteiger partial charge in [0, 0.05) is 6.07 Å². The van der Waals surface area contributed by atoms with E-state index in [1.54, 1.807) is 13.0 Å². The molecule has 0 aliphatic carbocycles. The first-order valence-corrected chi connectivity index (χ1v) is 6.16. The zero-order chi connectivity index (χ0) is 14.1. The normalized spacial score (nSPS) is 13.7. The number of para-hydroxylation sites is 2. The lowest BCUT2D eigenvalue weighted by Gasteiger charge is -2.30. The van der Waals surface area contributed by atoms with Crippen LogP contribution in [0.1, 0.15) is 5.82 Å². The van der Waals surface area contributed by atoms with Gasteiger partial charge >= 0.3 is 0 Å². The molecule has 1 amide bonds. The smallest absolute Gasteiger partial charge is 0.244 e. The molecular weight excluding hydrogens is 256 g/mol. The maximum absolute atomic E-state index is 11.8. The Hall–Kier alpha value is -2.67. The molecule has 0 spiro atoms. The first-order valence-electron chi connectivity index (χ1n) is 6.16. The molecule has 0 saturated heterocycles. The van der Waals surface area contributed by atoms with Gasteiger partial charge in [-0.3, -0.25) is 4.79 Å². The van der Waals surface area contributed by atoms with Crippen LogP contribution in [0.3, 0.4) is 0 Å². The fourth-order valence-corrected chi connectivity index (χ4v) is 2.20. The van der Waals surface area contributed by atoms with Crippen molar-refractivity contribution in [2.24, 2.45) is 5.84 Å². The SMILES string of the molecule is Cc1nc(NN)cc(N2CC(=O)Nc3ccccc32)n1. The van der Waals surface area contributed by atoms with E-state index in [9.17, 15) is 4.79 Å². The third-order valence-corrected chi connectivity index (χ3v) is 3.02. The fraction of sp³-hybridized carbons (Fsp3) is 0.154. The van der Waals surface area contributed by atoms with Gasteiger partial charge in [-0.05, 0) is 19.1 Å². The van der Waals surface area contributed by atoms with Crippen LogP contribution < -0.4 is 21.5 Å². The van der Waals surface area contributed by atoms with E-state index in [2.05, 4.69) is 20.7 Å². The lowest BCUT2D eigenvalue weighted by molar-refractivity contribution is -0.115. The van der Waals surface area contributed by atoms with Crippen LogP contribution >= 0.6 is 0 Å². The van der Waals surface area contributed by atoms with Gasteiger partial charge in [-0.15, -0.1) is 0 Å². The predicted molar refractivity (Wildman–Crippen MR) is 76.7 cm³/mol. The molecule has 1 aliphatic heterocycles. The number of nitrogen functional groups attached to an aromatic ring is 1. The monoisotopic (exact) mass is 270 g/mol. The van der Waals surface area contributed by atoms with Crippen LogP contribution in [0.25, 0.3) is 0 Å². The van der Waals surface area contributed by atoms with Gasteiger partial charge in [0.05, 0.1) is 11.4 Å². The van der Waals surface area contributed by atoms with Crippen LogP contribution in [0.2, 0.25) is 0 Å². The van der Waals surface area contributed by atoms with Gasteiger partial charge in [0.15, 0.2) is 0 Å². The van der Waals surface area contributed by atoms with Gasteiger partial charge in [0.2, 0.25) is 5.91 Å². The van der Waals surface area contributed by atoms with Crippen LogP contribution in [-0.2, 0) is 4.79 Å². The number of hydrazine groups is 1. The number of hydrogen-bond donors (Lipinski definition) is 3. The Kier molecular flexibility index (Phi) is 2.96. The molecule has 0 radical (unpaired) electrons. The second-order valence-electron chi connectivity index (χ2n) is 4.45. The maximum Gasteiger partial charge on any atom is 0.244 e. The summed E-state index contributed by atoms with van der Waals surface area (Å²) in [6.45, 7) is 1.98. The number of amides is 1. The molecule has 7 nitrogen and oxygen atoms in total. The van der Waals surface area contributed by atoms with Crippen LogP contribution in [0.4, 0.5) is 23.0 Å². The highest BCUT2D eigenvalue weighted by molar-refractivity contribution is 6.02. The van der Waals surface area contributed by atoms with Crippen molar-refractivity contribution in [1.82, 2.24) is 9.97 Å². The Morgan fingerprint density at radius 1 is 1.35 bits per heavy atom. The molecule has 0 unspecified atom stereocenters. The minimum atomic E-state index is -0.0813. The van der Waals surface area contributed by atoms with E-state index >= 15 is 0 Å². The first kappa shape index (κ1) is 12.4. The Bertz CT molecular complexity index is 672. The van der Waals surface area contributed by atoms with E-state index in [-0.39, 0.29) is 12.5 Å². The molecule has 1 aromatic carbocycles. The van der Waals surface area contributed by atoms with Crippen molar-refractivity contribution >= 4 is 28.9 Å². The zero-order valence-electron chi connectivity index (χ0n) is 10.9. The molecule has 1 aliphatic rings. The zero-order valence-corrected chi connectivity index (χ0v) is 10.9. The van der Waals surface area contributed by atoms with E-state index in [1.807, 2.05) is 29.2 Å². The van der Waals surface area contributed by atoms with Crippen LogP contribution in [0.5, 0.6) is 0 Å². The number of aromatic nitrogens is 2.